The van der Waals surface area contributed by atoms with Crippen LogP contribution in [0.2, 0.25) is 0 Å². The number of carbonyl (C=O) groups is 1. The maximum Gasteiger partial charge on any atom is 0.315 e. The molecule has 1 aliphatic heterocycles. The molecule has 1 saturated heterocycles. The van der Waals surface area contributed by atoms with E-state index in [1.165, 1.54) is 11.2 Å². The highest BCUT2D eigenvalue weighted by molar-refractivity contribution is 5.73. The van der Waals surface area contributed by atoms with E-state index in [4.69, 9.17) is 10.2 Å². The van der Waals surface area contributed by atoms with Gasteiger partial charge in [0.05, 0.1) is 6.20 Å². The van der Waals surface area contributed by atoms with Gasteiger partial charge in [-0.3, -0.25) is 0 Å². The summed E-state index contributed by atoms with van der Waals surface area (Å²) in [5.74, 6) is 0.549. The predicted molar refractivity (Wildman–Crippen MR) is 44.5 cm³/mol. The van der Waals surface area contributed by atoms with E-state index in [1.54, 1.807) is 6.20 Å². The van der Waals surface area contributed by atoms with Gasteiger partial charge in [-0.1, -0.05) is 0 Å². The molecule has 69 valence electrons. The van der Waals surface area contributed by atoms with Crippen LogP contribution in [0.1, 0.15) is 18.4 Å². The van der Waals surface area contributed by atoms with Crippen molar-refractivity contribution in [1.29, 1.82) is 0 Å². The molecule has 1 radical (unpaired) electrons. The molecule has 2 amide bonds. The fraction of sp³-hybridized carbons (Fsp3) is 0.375. The van der Waals surface area contributed by atoms with Gasteiger partial charge in [0.15, 0.2) is 0 Å². The maximum atomic E-state index is 11.0. The molecular formula is C8H10N3O2. The van der Waals surface area contributed by atoms with Crippen molar-refractivity contribution in [3.8, 4) is 0 Å². The number of hydrogen-bond donors (Lipinski definition) is 1. The fourth-order valence-corrected chi connectivity index (χ4v) is 1.50. The number of urea groups is 1. The number of nitrogens with zero attached hydrogens (tertiary/aromatic N) is 2. The molecule has 0 saturated carbocycles. The molecule has 0 aromatic carbocycles. The molecule has 13 heavy (non-hydrogen) atoms. The van der Waals surface area contributed by atoms with Crippen molar-refractivity contribution in [2.24, 2.45) is 5.73 Å². The summed E-state index contributed by atoms with van der Waals surface area (Å²) < 4.78 is 5.12. The second kappa shape index (κ2) is 3.08. The first-order valence-electron chi connectivity index (χ1n) is 4.06. The first-order chi connectivity index (χ1) is 6.29. The van der Waals surface area contributed by atoms with Crippen LogP contribution in [-0.4, -0.2) is 22.5 Å². The van der Waals surface area contributed by atoms with Gasteiger partial charge < -0.3 is 15.1 Å². The molecule has 5 nitrogen and oxygen atoms in total. The first-order valence-corrected chi connectivity index (χ1v) is 4.06. The lowest BCUT2D eigenvalue weighted by Crippen LogP contribution is -2.35. The van der Waals surface area contributed by atoms with Crippen molar-refractivity contribution < 1.29 is 9.21 Å². The van der Waals surface area contributed by atoms with Gasteiger partial charge >= 0.3 is 6.03 Å². The number of likely N-dealkylation sites (tertiary alicyclic amines) is 1. The van der Waals surface area contributed by atoms with Gasteiger partial charge in [-0.25, -0.2) is 9.78 Å². The van der Waals surface area contributed by atoms with Crippen molar-refractivity contribution in [3.63, 3.8) is 0 Å². The van der Waals surface area contributed by atoms with E-state index < -0.39 is 6.03 Å². The van der Waals surface area contributed by atoms with E-state index in [1.807, 2.05) is 6.42 Å². The lowest BCUT2D eigenvalue weighted by Gasteiger charge is -2.19. The molecule has 0 bridgehead atoms. The SMILES string of the molecule is NC(=O)N1C[CH]C[C@H]1c1ncco1. The van der Waals surface area contributed by atoms with Crippen LogP contribution in [0.5, 0.6) is 0 Å². The minimum atomic E-state index is -0.433. The summed E-state index contributed by atoms with van der Waals surface area (Å²) in [7, 11) is 0. The topological polar surface area (TPSA) is 72.4 Å². The first kappa shape index (κ1) is 8.10. The lowest BCUT2D eigenvalue weighted by molar-refractivity contribution is 0.194. The quantitative estimate of drug-likeness (QED) is 0.691. The van der Waals surface area contributed by atoms with E-state index in [0.29, 0.717) is 12.4 Å². The molecule has 0 unspecified atom stereocenters. The van der Waals surface area contributed by atoms with Crippen molar-refractivity contribution in [2.75, 3.05) is 6.54 Å². The minimum Gasteiger partial charge on any atom is -0.447 e. The van der Waals surface area contributed by atoms with Crippen LogP contribution in [0.15, 0.2) is 16.9 Å². The second-order valence-electron chi connectivity index (χ2n) is 2.90. The number of hydrogen-bond acceptors (Lipinski definition) is 3. The minimum absolute atomic E-state index is 0.118. The van der Waals surface area contributed by atoms with Crippen LogP contribution in [-0.2, 0) is 0 Å². The van der Waals surface area contributed by atoms with Crippen molar-refractivity contribution >= 4 is 6.03 Å². The molecule has 5 heteroatoms. The van der Waals surface area contributed by atoms with Crippen LogP contribution in [0, 0.1) is 6.42 Å². The molecule has 0 spiro atoms. The van der Waals surface area contributed by atoms with Crippen LogP contribution in [0.3, 0.4) is 0 Å². The molecule has 1 aromatic heterocycles. The molecular weight excluding hydrogens is 170 g/mol. The predicted octanol–water partition coefficient (Wildman–Crippen LogP) is 0.704. The summed E-state index contributed by atoms with van der Waals surface area (Å²) in [6, 6.07) is -0.551. The van der Waals surface area contributed by atoms with Gasteiger partial charge in [-0.2, -0.15) is 0 Å². The van der Waals surface area contributed by atoms with Gasteiger partial charge in [0.2, 0.25) is 5.89 Å². The standard InChI is InChI=1S/C8H10N3O2/c9-8(12)11-4-1-2-6(11)7-10-3-5-13-7/h1,3,5-6H,2,4H2,(H2,9,12)/t6-/m0/s1. The van der Waals surface area contributed by atoms with E-state index in [9.17, 15) is 4.79 Å². The number of oxazole rings is 1. The highest BCUT2D eigenvalue weighted by Crippen LogP contribution is 2.29. The average molecular weight is 180 g/mol. The number of carbonyl (C=O) groups excluding carboxylic acids is 1. The van der Waals surface area contributed by atoms with E-state index in [0.717, 1.165) is 6.42 Å². The maximum absolute atomic E-state index is 11.0. The summed E-state index contributed by atoms with van der Waals surface area (Å²) in [6.07, 6.45) is 5.79. The average Bonchev–Trinajstić information content (AvgIpc) is 2.74. The van der Waals surface area contributed by atoms with Gasteiger partial charge in [0, 0.05) is 6.54 Å². The monoisotopic (exact) mass is 180 g/mol. The number of nitrogens with two attached hydrogens (primary N) is 1. The Kier molecular flexibility index (Phi) is 1.92. The van der Waals surface area contributed by atoms with Crippen LogP contribution >= 0.6 is 0 Å². The Morgan fingerprint density at radius 3 is 3.23 bits per heavy atom. The highest BCUT2D eigenvalue weighted by Gasteiger charge is 2.31. The molecule has 1 aromatic rings. The summed E-state index contributed by atoms with van der Waals surface area (Å²) in [4.78, 5) is 16.5. The Labute approximate surface area is 75.5 Å². The second-order valence-corrected chi connectivity index (χ2v) is 2.90. The highest BCUT2D eigenvalue weighted by atomic mass is 16.3. The third-order valence-corrected chi connectivity index (χ3v) is 2.11. The molecule has 2 rings (SSSR count). The largest absolute Gasteiger partial charge is 0.447 e. The molecule has 1 atom stereocenters. The molecule has 2 heterocycles. The van der Waals surface area contributed by atoms with Gasteiger partial charge in [-0.05, 0) is 12.8 Å². The summed E-state index contributed by atoms with van der Waals surface area (Å²) in [5.41, 5.74) is 5.19. The summed E-state index contributed by atoms with van der Waals surface area (Å²) >= 11 is 0. The lowest BCUT2D eigenvalue weighted by atomic mass is 10.2. The Bertz CT molecular complexity index is 296. The van der Waals surface area contributed by atoms with Crippen molar-refractivity contribution in [1.82, 2.24) is 9.88 Å². The fourth-order valence-electron chi connectivity index (χ4n) is 1.50. The molecule has 1 fully saturated rings. The van der Waals surface area contributed by atoms with Gasteiger partial charge in [-0.15, -0.1) is 0 Å². The van der Waals surface area contributed by atoms with Gasteiger partial charge in [0.1, 0.15) is 12.3 Å². The zero-order valence-electron chi connectivity index (χ0n) is 7.01. The number of amides is 2. The normalized spacial score (nSPS) is 22.2. The van der Waals surface area contributed by atoms with Crippen molar-refractivity contribution in [3.05, 3.63) is 24.8 Å². The number of primary amides is 1. The molecule has 2 N–H and O–H groups in total. The van der Waals surface area contributed by atoms with Crippen molar-refractivity contribution in [2.45, 2.75) is 12.5 Å². The Morgan fingerprint density at radius 2 is 2.62 bits per heavy atom. The number of rotatable bonds is 1. The zero-order chi connectivity index (χ0) is 9.26. The Hall–Kier alpha value is -1.52. The molecule has 1 aliphatic rings. The third kappa shape index (κ3) is 1.37. The number of aromatic nitrogens is 1. The van der Waals surface area contributed by atoms with Crippen LogP contribution in [0.25, 0.3) is 0 Å². The van der Waals surface area contributed by atoms with Crippen LogP contribution < -0.4 is 5.73 Å². The molecule has 0 aliphatic carbocycles. The Balaban J connectivity index is 2.19. The smallest absolute Gasteiger partial charge is 0.315 e. The summed E-state index contributed by atoms with van der Waals surface area (Å²) in [6.45, 7) is 0.572. The van der Waals surface area contributed by atoms with E-state index in [-0.39, 0.29) is 6.04 Å². The third-order valence-electron chi connectivity index (χ3n) is 2.11. The Morgan fingerprint density at radius 1 is 1.77 bits per heavy atom. The zero-order valence-corrected chi connectivity index (χ0v) is 7.01. The van der Waals surface area contributed by atoms with Gasteiger partial charge in [0.25, 0.3) is 0 Å². The van der Waals surface area contributed by atoms with E-state index in [2.05, 4.69) is 4.98 Å². The van der Waals surface area contributed by atoms with E-state index >= 15 is 0 Å². The van der Waals surface area contributed by atoms with Crippen LogP contribution in [0.4, 0.5) is 4.79 Å². The summed E-state index contributed by atoms with van der Waals surface area (Å²) in [5, 5.41) is 0.